The standard InChI is InChI=1S/C8H17.3H2O.Zr/c1-3-5-7-8-6-4-2;;;;/h1,3-8H2,2H3;3*1H2;. The molecule has 0 saturated heterocycles. The summed E-state index contributed by atoms with van der Waals surface area (Å²) in [6.45, 7) is 2.27. The maximum atomic E-state index is 2.27. The second kappa shape index (κ2) is 22.6. The van der Waals surface area contributed by atoms with Gasteiger partial charge in [-0.25, -0.2) is 0 Å². The minimum absolute atomic E-state index is 0. The van der Waals surface area contributed by atoms with Gasteiger partial charge in [0.15, 0.2) is 0 Å². The van der Waals surface area contributed by atoms with Gasteiger partial charge in [-0.1, -0.05) is 0 Å². The Morgan fingerprint density at radius 3 is 1.58 bits per heavy atom. The molecule has 0 heterocycles. The Labute approximate surface area is 90.7 Å². The van der Waals surface area contributed by atoms with E-state index in [1.165, 1.54) is 42.7 Å². The van der Waals surface area contributed by atoms with Crippen LogP contribution in [-0.2, 0) is 24.7 Å². The molecule has 0 amide bonds. The fourth-order valence-electron chi connectivity index (χ4n) is 0.905. The molecule has 6 N–H and O–H groups in total. The van der Waals surface area contributed by atoms with E-state index in [9.17, 15) is 0 Å². The zero-order chi connectivity index (χ0) is 6.95. The van der Waals surface area contributed by atoms with Crippen molar-refractivity contribution in [3.05, 3.63) is 0 Å². The first kappa shape index (κ1) is 23.0. The molecule has 0 aliphatic carbocycles. The van der Waals surface area contributed by atoms with Crippen molar-refractivity contribution in [3.63, 3.8) is 0 Å². The molecule has 0 spiro atoms. The summed E-state index contributed by atoms with van der Waals surface area (Å²) in [5.74, 6) is 0. The largest absolute Gasteiger partial charge is 0.412 e. The van der Waals surface area contributed by atoms with Crippen molar-refractivity contribution in [1.29, 1.82) is 0 Å². The van der Waals surface area contributed by atoms with Crippen LogP contribution < -0.4 is 0 Å². The molecule has 0 aliphatic heterocycles. The molecule has 0 bridgehead atoms. The maximum absolute atomic E-state index is 2.27. The summed E-state index contributed by atoms with van der Waals surface area (Å²) in [5.41, 5.74) is 0. The van der Waals surface area contributed by atoms with E-state index in [1.54, 1.807) is 24.7 Å². The number of hydrogen-bond donors (Lipinski definition) is 0. The van der Waals surface area contributed by atoms with E-state index < -0.39 is 0 Å². The van der Waals surface area contributed by atoms with Crippen LogP contribution in [0.15, 0.2) is 0 Å². The third-order valence-electron chi connectivity index (χ3n) is 1.53. The molecule has 12 heavy (non-hydrogen) atoms. The van der Waals surface area contributed by atoms with Crippen molar-refractivity contribution in [2.75, 3.05) is 0 Å². The van der Waals surface area contributed by atoms with Crippen LogP contribution in [0.2, 0.25) is 4.13 Å². The van der Waals surface area contributed by atoms with Gasteiger partial charge in [-0.05, 0) is 0 Å². The van der Waals surface area contributed by atoms with E-state index in [4.69, 9.17) is 0 Å². The third-order valence-corrected chi connectivity index (χ3v) is 2.40. The molecule has 0 aromatic heterocycles. The second-order valence-corrected chi connectivity index (χ2v) is 3.75. The van der Waals surface area contributed by atoms with Gasteiger partial charge in [0.1, 0.15) is 0 Å². The topological polar surface area (TPSA) is 94.5 Å². The Hall–Kier alpha value is 0.763. The van der Waals surface area contributed by atoms with Gasteiger partial charge in [-0.2, -0.15) is 0 Å². The molecule has 3 nitrogen and oxygen atoms in total. The minimum atomic E-state index is 0. The van der Waals surface area contributed by atoms with Crippen molar-refractivity contribution in [2.24, 2.45) is 0 Å². The van der Waals surface area contributed by atoms with E-state index in [-0.39, 0.29) is 16.4 Å². The van der Waals surface area contributed by atoms with Crippen molar-refractivity contribution in [2.45, 2.75) is 49.6 Å². The summed E-state index contributed by atoms with van der Waals surface area (Å²) < 4.78 is 1.46. The van der Waals surface area contributed by atoms with Crippen LogP contribution in [0.25, 0.3) is 0 Å². The summed E-state index contributed by atoms with van der Waals surface area (Å²) in [4.78, 5) is 0. The number of unbranched alkanes of at least 4 members (excludes halogenated alkanes) is 5. The third kappa shape index (κ3) is 22.4. The SMILES string of the molecule is CCCCCCC[CH2][Zr].O.O.O. The molecular weight excluding hydrogens is 235 g/mol. The van der Waals surface area contributed by atoms with Gasteiger partial charge in [0.25, 0.3) is 0 Å². The zero-order valence-corrected chi connectivity index (χ0v) is 10.4. The molecule has 4 heteroatoms. The Bertz CT molecular complexity index is 47.6. The van der Waals surface area contributed by atoms with Crippen molar-refractivity contribution < 1.29 is 41.1 Å². The maximum Gasteiger partial charge on any atom is -0.412 e. The molecule has 77 valence electrons. The first-order valence-electron chi connectivity index (χ1n) is 4.06. The van der Waals surface area contributed by atoms with E-state index in [2.05, 4.69) is 6.92 Å². The van der Waals surface area contributed by atoms with Crippen molar-refractivity contribution in [1.82, 2.24) is 0 Å². The quantitative estimate of drug-likeness (QED) is 0.631. The number of rotatable bonds is 6. The van der Waals surface area contributed by atoms with Gasteiger partial charge in [0.2, 0.25) is 0 Å². The molecule has 0 saturated carbocycles. The molecule has 0 fully saturated rings. The fourth-order valence-corrected chi connectivity index (χ4v) is 1.52. The monoisotopic (exact) mass is 257 g/mol. The molecule has 0 atom stereocenters. The van der Waals surface area contributed by atoms with Gasteiger partial charge in [-0.3, -0.25) is 0 Å². The van der Waals surface area contributed by atoms with E-state index in [0.717, 1.165) is 0 Å². The van der Waals surface area contributed by atoms with Gasteiger partial charge >= 0.3 is 74.3 Å². The Balaban J connectivity index is -0.000000107. The molecule has 0 radical (unpaired) electrons. The average Bonchev–Trinajstić information content (AvgIpc) is 1.89. The van der Waals surface area contributed by atoms with Crippen LogP contribution in [0.4, 0.5) is 0 Å². The molecule has 0 aromatic rings. The molecule has 0 unspecified atom stereocenters. The van der Waals surface area contributed by atoms with E-state index in [1.807, 2.05) is 0 Å². The van der Waals surface area contributed by atoms with E-state index in [0.29, 0.717) is 0 Å². The van der Waals surface area contributed by atoms with E-state index >= 15 is 0 Å². The first-order chi connectivity index (χ1) is 4.41. The van der Waals surface area contributed by atoms with Gasteiger partial charge < -0.3 is 16.4 Å². The minimum Gasteiger partial charge on any atom is -0.412 e. The van der Waals surface area contributed by atoms with Crippen LogP contribution in [0, 0.1) is 0 Å². The fraction of sp³-hybridized carbons (Fsp3) is 1.00. The predicted molar refractivity (Wildman–Crippen MR) is 49.0 cm³/mol. The summed E-state index contributed by atoms with van der Waals surface area (Å²) in [6.07, 6.45) is 8.71. The molecular formula is C8H23O3Zr. The smallest absolute Gasteiger partial charge is 0.412 e. The van der Waals surface area contributed by atoms with Crippen LogP contribution in [0.1, 0.15) is 45.4 Å². The Morgan fingerprint density at radius 1 is 0.750 bits per heavy atom. The van der Waals surface area contributed by atoms with Crippen molar-refractivity contribution in [3.8, 4) is 0 Å². The summed E-state index contributed by atoms with van der Waals surface area (Å²) >= 11 is 1.71. The normalized spacial score (nSPS) is 7.33. The first-order valence-corrected chi connectivity index (χ1v) is 5.80. The van der Waals surface area contributed by atoms with Crippen LogP contribution in [0.5, 0.6) is 0 Å². The van der Waals surface area contributed by atoms with Crippen LogP contribution in [0.3, 0.4) is 0 Å². The predicted octanol–water partition coefficient (Wildman–Crippen LogP) is 0.838. The summed E-state index contributed by atoms with van der Waals surface area (Å²) in [7, 11) is 0. The molecule has 0 rings (SSSR count). The molecule has 0 aromatic carbocycles. The van der Waals surface area contributed by atoms with Crippen LogP contribution in [-0.4, -0.2) is 16.4 Å². The Kier molecular flexibility index (Phi) is 43.3. The van der Waals surface area contributed by atoms with Gasteiger partial charge in [-0.15, -0.1) is 0 Å². The summed E-state index contributed by atoms with van der Waals surface area (Å²) in [5, 5.41) is 0. The average molecular weight is 258 g/mol. The molecule has 0 aliphatic rings. The van der Waals surface area contributed by atoms with Crippen molar-refractivity contribution >= 4 is 0 Å². The zero-order valence-electron chi connectivity index (χ0n) is 7.95. The van der Waals surface area contributed by atoms with Crippen LogP contribution >= 0.6 is 0 Å². The second-order valence-electron chi connectivity index (χ2n) is 2.52. The van der Waals surface area contributed by atoms with Gasteiger partial charge in [0.05, 0.1) is 0 Å². The number of hydrogen-bond acceptors (Lipinski definition) is 0. The van der Waals surface area contributed by atoms with Gasteiger partial charge in [0, 0.05) is 0 Å². The summed E-state index contributed by atoms with van der Waals surface area (Å²) in [6, 6.07) is 0. The Morgan fingerprint density at radius 2 is 1.17 bits per heavy atom.